The number of nitrogens with one attached hydrogen (secondary N) is 1. The molecule has 0 bridgehead atoms. The van der Waals surface area contributed by atoms with E-state index in [9.17, 15) is 0 Å². The normalized spacial score (nSPS) is 10.3. The van der Waals surface area contributed by atoms with Gasteiger partial charge in [-0.1, -0.05) is 18.2 Å². The summed E-state index contributed by atoms with van der Waals surface area (Å²) in [4.78, 5) is 0. The molecule has 82 valence electrons. The maximum atomic E-state index is 5.75. The molecule has 0 aliphatic heterocycles. The average molecular weight is 234 g/mol. The number of fused-ring (bicyclic) bond motifs is 3. The molecule has 0 aliphatic rings. The number of halogens is 1. The highest BCUT2D eigenvalue weighted by Crippen LogP contribution is 2.29. The molecule has 1 aromatic heterocycles. The first-order valence-electron chi connectivity index (χ1n) is 4.97. The van der Waals surface area contributed by atoms with E-state index in [-0.39, 0.29) is 12.4 Å². The fourth-order valence-electron chi connectivity index (χ4n) is 1.88. The van der Waals surface area contributed by atoms with E-state index in [0.717, 1.165) is 16.9 Å². The minimum atomic E-state index is 0. The Morgan fingerprint density at radius 1 is 0.938 bits per heavy atom. The first kappa shape index (κ1) is 10.8. The predicted octanol–water partition coefficient (Wildman–Crippen LogP) is 4.05. The molecule has 16 heavy (non-hydrogen) atoms. The zero-order chi connectivity index (χ0) is 10.3. The van der Waals surface area contributed by atoms with E-state index < -0.39 is 0 Å². The van der Waals surface area contributed by atoms with Crippen LogP contribution in [0.15, 0.2) is 46.9 Å². The topological polar surface area (TPSA) is 25.2 Å². The predicted molar refractivity (Wildman–Crippen MR) is 70.5 cm³/mol. The fraction of sp³-hybridized carbons (Fsp3) is 0.0769. The van der Waals surface area contributed by atoms with Gasteiger partial charge < -0.3 is 9.73 Å². The molecule has 0 amide bonds. The van der Waals surface area contributed by atoms with Crippen LogP contribution in [0.1, 0.15) is 0 Å². The molecule has 1 heterocycles. The number of rotatable bonds is 1. The van der Waals surface area contributed by atoms with Crippen molar-refractivity contribution in [3.63, 3.8) is 0 Å². The molecule has 0 aliphatic carbocycles. The van der Waals surface area contributed by atoms with Crippen LogP contribution in [0.2, 0.25) is 0 Å². The SMILES string of the molecule is CNc1ccc2c(c1)oc1ccccc12.Cl. The van der Waals surface area contributed by atoms with Crippen LogP contribution in [-0.2, 0) is 0 Å². The van der Waals surface area contributed by atoms with Crippen molar-refractivity contribution in [2.24, 2.45) is 0 Å². The number of furan rings is 1. The largest absolute Gasteiger partial charge is 0.456 e. The highest BCUT2D eigenvalue weighted by atomic mass is 35.5. The first-order chi connectivity index (χ1) is 7.38. The first-order valence-corrected chi connectivity index (χ1v) is 4.97. The summed E-state index contributed by atoms with van der Waals surface area (Å²) in [7, 11) is 1.91. The van der Waals surface area contributed by atoms with E-state index in [4.69, 9.17) is 4.42 Å². The summed E-state index contributed by atoms with van der Waals surface area (Å²) in [6.07, 6.45) is 0. The smallest absolute Gasteiger partial charge is 0.137 e. The summed E-state index contributed by atoms with van der Waals surface area (Å²) in [5.41, 5.74) is 2.95. The van der Waals surface area contributed by atoms with Gasteiger partial charge in [0.25, 0.3) is 0 Å². The third kappa shape index (κ3) is 1.51. The van der Waals surface area contributed by atoms with E-state index in [1.807, 2.05) is 31.3 Å². The Morgan fingerprint density at radius 3 is 2.50 bits per heavy atom. The molecule has 3 heteroatoms. The van der Waals surface area contributed by atoms with Crippen molar-refractivity contribution in [2.45, 2.75) is 0 Å². The third-order valence-electron chi connectivity index (χ3n) is 2.67. The van der Waals surface area contributed by atoms with Crippen LogP contribution in [0.3, 0.4) is 0 Å². The van der Waals surface area contributed by atoms with E-state index in [1.165, 1.54) is 10.8 Å². The Balaban J connectivity index is 0.000000963. The molecule has 1 N–H and O–H groups in total. The summed E-state index contributed by atoms with van der Waals surface area (Å²) < 4.78 is 5.75. The minimum absolute atomic E-state index is 0. The van der Waals surface area contributed by atoms with Gasteiger partial charge in [0.1, 0.15) is 11.2 Å². The second-order valence-electron chi connectivity index (χ2n) is 3.56. The zero-order valence-corrected chi connectivity index (χ0v) is 9.67. The minimum Gasteiger partial charge on any atom is -0.456 e. The van der Waals surface area contributed by atoms with Crippen molar-refractivity contribution in [2.75, 3.05) is 12.4 Å². The monoisotopic (exact) mass is 233 g/mol. The van der Waals surface area contributed by atoms with Crippen LogP contribution in [0.4, 0.5) is 5.69 Å². The van der Waals surface area contributed by atoms with Crippen LogP contribution >= 0.6 is 12.4 Å². The van der Waals surface area contributed by atoms with Crippen molar-refractivity contribution < 1.29 is 4.42 Å². The van der Waals surface area contributed by atoms with E-state index in [1.54, 1.807) is 0 Å². The quantitative estimate of drug-likeness (QED) is 0.686. The molecule has 0 saturated heterocycles. The number of para-hydroxylation sites is 1. The van der Waals surface area contributed by atoms with Crippen molar-refractivity contribution in [1.29, 1.82) is 0 Å². The lowest BCUT2D eigenvalue weighted by atomic mass is 10.1. The molecule has 0 spiro atoms. The summed E-state index contributed by atoms with van der Waals surface area (Å²) in [6, 6.07) is 14.3. The van der Waals surface area contributed by atoms with E-state index >= 15 is 0 Å². The Bertz CT molecular complexity index is 630. The molecule has 2 aromatic carbocycles. The van der Waals surface area contributed by atoms with Gasteiger partial charge in [0.2, 0.25) is 0 Å². The van der Waals surface area contributed by atoms with Gasteiger partial charge in [0, 0.05) is 29.6 Å². The van der Waals surface area contributed by atoms with Crippen LogP contribution in [-0.4, -0.2) is 7.05 Å². The molecular formula is C13H12ClNO. The molecule has 0 atom stereocenters. The van der Waals surface area contributed by atoms with Gasteiger partial charge >= 0.3 is 0 Å². The van der Waals surface area contributed by atoms with Gasteiger partial charge in [-0.05, 0) is 18.2 Å². The van der Waals surface area contributed by atoms with Gasteiger partial charge in [-0.25, -0.2) is 0 Å². The Morgan fingerprint density at radius 2 is 1.69 bits per heavy atom. The van der Waals surface area contributed by atoms with Crippen LogP contribution in [0.5, 0.6) is 0 Å². The molecule has 0 fully saturated rings. The lowest BCUT2D eigenvalue weighted by Crippen LogP contribution is -1.85. The van der Waals surface area contributed by atoms with E-state index in [2.05, 4.69) is 23.5 Å². The number of benzene rings is 2. The molecule has 3 rings (SSSR count). The van der Waals surface area contributed by atoms with Crippen molar-refractivity contribution in [1.82, 2.24) is 0 Å². The van der Waals surface area contributed by atoms with Gasteiger partial charge in [-0.2, -0.15) is 0 Å². The second-order valence-corrected chi connectivity index (χ2v) is 3.56. The van der Waals surface area contributed by atoms with Crippen molar-refractivity contribution >= 4 is 40.0 Å². The summed E-state index contributed by atoms with van der Waals surface area (Å²) >= 11 is 0. The standard InChI is InChI=1S/C13H11NO.ClH/c1-14-9-6-7-11-10-4-2-3-5-12(10)15-13(11)8-9;/h2-8,14H,1H3;1H. The summed E-state index contributed by atoms with van der Waals surface area (Å²) in [5.74, 6) is 0. The van der Waals surface area contributed by atoms with Gasteiger partial charge in [0.15, 0.2) is 0 Å². The molecule has 0 saturated carbocycles. The van der Waals surface area contributed by atoms with Gasteiger partial charge in [0.05, 0.1) is 0 Å². The van der Waals surface area contributed by atoms with Crippen LogP contribution in [0.25, 0.3) is 21.9 Å². The summed E-state index contributed by atoms with van der Waals surface area (Å²) in [5, 5.41) is 5.45. The number of hydrogen-bond donors (Lipinski definition) is 1. The maximum absolute atomic E-state index is 5.75. The molecular weight excluding hydrogens is 222 g/mol. The zero-order valence-electron chi connectivity index (χ0n) is 8.86. The molecule has 3 aromatic rings. The Kier molecular flexibility index (Phi) is 2.75. The molecule has 2 nitrogen and oxygen atoms in total. The number of hydrogen-bond acceptors (Lipinski definition) is 2. The summed E-state index contributed by atoms with van der Waals surface area (Å²) in [6.45, 7) is 0. The second kappa shape index (κ2) is 4.06. The van der Waals surface area contributed by atoms with Crippen LogP contribution < -0.4 is 5.32 Å². The third-order valence-corrected chi connectivity index (χ3v) is 2.67. The van der Waals surface area contributed by atoms with Crippen molar-refractivity contribution in [3.05, 3.63) is 42.5 Å². The van der Waals surface area contributed by atoms with Gasteiger partial charge in [-0.15, -0.1) is 12.4 Å². The fourth-order valence-corrected chi connectivity index (χ4v) is 1.88. The Hall–Kier alpha value is -1.67. The lowest BCUT2D eigenvalue weighted by molar-refractivity contribution is 0.669. The highest BCUT2D eigenvalue weighted by Gasteiger charge is 2.05. The average Bonchev–Trinajstić information content (AvgIpc) is 2.66. The van der Waals surface area contributed by atoms with Gasteiger partial charge in [-0.3, -0.25) is 0 Å². The molecule has 0 radical (unpaired) electrons. The lowest BCUT2D eigenvalue weighted by Gasteiger charge is -1.97. The Labute approximate surface area is 99.7 Å². The number of anilines is 1. The molecule has 0 unspecified atom stereocenters. The van der Waals surface area contributed by atoms with Crippen molar-refractivity contribution in [3.8, 4) is 0 Å². The maximum Gasteiger partial charge on any atom is 0.137 e. The van der Waals surface area contributed by atoms with E-state index in [0.29, 0.717) is 0 Å². The highest BCUT2D eigenvalue weighted by molar-refractivity contribution is 6.05. The van der Waals surface area contributed by atoms with Crippen LogP contribution in [0, 0.1) is 0 Å².